The molecular formula is C25H23F3N5O3S+. The molecule has 0 aliphatic carbocycles. The predicted molar refractivity (Wildman–Crippen MR) is 132 cm³/mol. The topological polar surface area (TPSA) is 71.7 Å². The zero-order valence-corrected chi connectivity index (χ0v) is 20.7. The van der Waals surface area contributed by atoms with Gasteiger partial charge in [-0.05, 0) is 37.3 Å². The third-order valence-electron chi connectivity index (χ3n) is 6.77. The summed E-state index contributed by atoms with van der Waals surface area (Å²) >= 11 is 1.13. The summed E-state index contributed by atoms with van der Waals surface area (Å²) in [6, 6.07) is 13.0. The molecule has 12 heteroatoms. The summed E-state index contributed by atoms with van der Waals surface area (Å²) in [7, 11) is 0. The second-order valence-electron chi connectivity index (χ2n) is 9.09. The van der Waals surface area contributed by atoms with Crippen LogP contribution >= 0.6 is 11.3 Å². The number of rotatable bonds is 4. The lowest BCUT2D eigenvalue weighted by Gasteiger charge is -2.34. The Labute approximate surface area is 214 Å². The van der Waals surface area contributed by atoms with E-state index in [4.69, 9.17) is 9.47 Å². The lowest BCUT2D eigenvalue weighted by atomic mass is 10.1. The Morgan fingerprint density at radius 2 is 1.86 bits per heavy atom. The van der Waals surface area contributed by atoms with Gasteiger partial charge in [0, 0.05) is 11.3 Å². The molecule has 1 fully saturated rings. The quantitative estimate of drug-likeness (QED) is 0.526. The number of aromatic nitrogens is 1. The number of carbonyl (C=O) groups excluding carboxylic acids is 1. The van der Waals surface area contributed by atoms with E-state index in [0.29, 0.717) is 31.7 Å². The number of quaternary nitrogens is 1. The van der Waals surface area contributed by atoms with Gasteiger partial charge in [-0.3, -0.25) is 4.79 Å². The van der Waals surface area contributed by atoms with E-state index in [0.717, 1.165) is 44.7 Å². The number of fused-ring (bicyclic) bond motifs is 2. The van der Waals surface area contributed by atoms with Gasteiger partial charge in [0.2, 0.25) is 11.9 Å². The fourth-order valence-electron chi connectivity index (χ4n) is 4.84. The van der Waals surface area contributed by atoms with Crippen molar-refractivity contribution in [3.8, 4) is 11.5 Å². The molecular weight excluding hydrogens is 507 g/mol. The van der Waals surface area contributed by atoms with E-state index >= 15 is 0 Å². The summed E-state index contributed by atoms with van der Waals surface area (Å²) in [6.07, 6.45) is -4.77. The van der Waals surface area contributed by atoms with Crippen molar-refractivity contribution in [3.63, 3.8) is 0 Å². The summed E-state index contributed by atoms with van der Waals surface area (Å²) in [5, 5.41) is 4.62. The molecule has 6 rings (SSSR count). The van der Waals surface area contributed by atoms with E-state index < -0.39 is 23.4 Å². The van der Waals surface area contributed by atoms with Crippen LogP contribution in [-0.4, -0.2) is 60.7 Å². The maximum Gasteiger partial charge on any atom is 0.436 e. The van der Waals surface area contributed by atoms with Crippen molar-refractivity contribution in [2.45, 2.75) is 19.6 Å². The Hall–Kier alpha value is -3.64. The van der Waals surface area contributed by atoms with Gasteiger partial charge in [0.15, 0.2) is 17.2 Å². The largest absolute Gasteiger partial charge is 0.454 e. The van der Waals surface area contributed by atoms with Crippen molar-refractivity contribution >= 4 is 38.3 Å². The molecule has 4 heterocycles. The number of para-hydroxylation sites is 1. The Morgan fingerprint density at radius 3 is 2.62 bits per heavy atom. The van der Waals surface area contributed by atoms with Crippen molar-refractivity contribution in [2.24, 2.45) is 5.10 Å². The van der Waals surface area contributed by atoms with Crippen molar-refractivity contribution in [1.82, 2.24) is 9.88 Å². The monoisotopic (exact) mass is 530 g/mol. The fourth-order valence-corrected chi connectivity index (χ4v) is 5.76. The standard InChI is InChI=1S/C25H22F3N5O3S/c1-15(32-10-8-31(9-11-32)13-16-6-7-18-19(12-16)36-14-35-18)21-22(25(26,27)28)30-33(23(21)34)24-29-17-4-2-3-5-20(17)37-24/h2-7,12H,8-11,13-14H2,1H3/p+1/b21-15+. The summed E-state index contributed by atoms with van der Waals surface area (Å²) in [5.74, 6) is 0.653. The van der Waals surface area contributed by atoms with Crippen LogP contribution < -0.4 is 19.4 Å². The lowest BCUT2D eigenvalue weighted by Crippen LogP contribution is -3.13. The van der Waals surface area contributed by atoms with Gasteiger partial charge in [-0.25, -0.2) is 4.98 Å². The lowest BCUT2D eigenvalue weighted by molar-refractivity contribution is -0.917. The zero-order chi connectivity index (χ0) is 25.7. The Morgan fingerprint density at radius 1 is 1.11 bits per heavy atom. The smallest absolute Gasteiger partial charge is 0.436 e. The Kier molecular flexibility index (Phi) is 5.80. The highest BCUT2D eigenvalue weighted by molar-refractivity contribution is 7.22. The van der Waals surface area contributed by atoms with Gasteiger partial charge in [-0.2, -0.15) is 23.3 Å². The first-order valence-corrected chi connectivity index (χ1v) is 12.6. The van der Waals surface area contributed by atoms with Gasteiger partial charge in [-0.1, -0.05) is 23.5 Å². The molecule has 1 amide bonds. The molecule has 3 aromatic rings. The first-order chi connectivity index (χ1) is 17.8. The minimum absolute atomic E-state index is 0.119. The molecule has 1 aromatic heterocycles. The molecule has 0 unspecified atom stereocenters. The van der Waals surface area contributed by atoms with Crippen molar-refractivity contribution < 1.29 is 32.3 Å². The Balaban J connectivity index is 1.21. The maximum absolute atomic E-state index is 14.0. The number of alkyl halides is 3. The van der Waals surface area contributed by atoms with E-state index in [9.17, 15) is 18.0 Å². The molecule has 0 radical (unpaired) electrons. The number of benzene rings is 2. The maximum atomic E-state index is 14.0. The van der Waals surface area contributed by atoms with E-state index in [1.54, 1.807) is 25.1 Å². The van der Waals surface area contributed by atoms with Crippen molar-refractivity contribution in [1.29, 1.82) is 0 Å². The average Bonchev–Trinajstić information content (AvgIpc) is 3.60. The molecule has 1 N–H and O–H groups in total. The number of hydrogen-bond acceptors (Lipinski definition) is 7. The summed E-state index contributed by atoms with van der Waals surface area (Å²) < 4.78 is 53.6. The van der Waals surface area contributed by atoms with Crippen LogP contribution in [0.4, 0.5) is 18.3 Å². The number of anilines is 1. The first-order valence-electron chi connectivity index (χ1n) is 11.8. The Bertz CT molecular complexity index is 1410. The molecule has 3 aliphatic heterocycles. The highest BCUT2D eigenvalue weighted by Crippen LogP contribution is 2.37. The number of nitrogens with zero attached hydrogens (tertiary/aromatic N) is 4. The number of carbonyl (C=O) groups is 1. The molecule has 3 aliphatic rings. The average molecular weight is 531 g/mol. The number of hydrazone groups is 1. The number of thiazole rings is 1. The molecule has 37 heavy (non-hydrogen) atoms. The molecule has 0 spiro atoms. The third kappa shape index (κ3) is 4.40. The zero-order valence-electron chi connectivity index (χ0n) is 19.8. The highest BCUT2D eigenvalue weighted by Gasteiger charge is 2.49. The van der Waals surface area contributed by atoms with Crippen LogP contribution in [0, 0.1) is 0 Å². The fraction of sp³-hybridized carbons (Fsp3) is 0.320. The van der Waals surface area contributed by atoms with Crippen LogP contribution in [0.15, 0.2) is 58.8 Å². The number of piperazine rings is 1. The van der Waals surface area contributed by atoms with Crippen LogP contribution in [0.25, 0.3) is 10.2 Å². The number of ether oxygens (including phenoxy) is 2. The van der Waals surface area contributed by atoms with Crippen LogP contribution in [-0.2, 0) is 11.3 Å². The molecule has 1 saturated heterocycles. The van der Waals surface area contributed by atoms with Crippen LogP contribution in [0.3, 0.4) is 0 Å². The van der Waals surface area contributed by atoms with E-state index in [2.05, 4.69) is 10.1 Å². The van der Waals surface area contributed by atoms with E-state index in [1.807, 2.05) is 29.2 Å². The number of allylic oxidation sites excluding steroid dienone is 1. The molecule has 0 bridgehead atoms. The summed E-state index contributed by atoms with van der Waals surface area (Å²) in [5.41, 5.74) is 0.406. The molecule has 0 atom stereocenters. The summed E-state index contributed by atoms with van der Waals surface area (Å²) in [4.78, 5) is 20.8. The van der Waals surface area contributed by atoms with Gasteiger partial charge >= 0.3 is 6.18 Å². The molecule has 0 saturated carbocycles. The minimum Gasteiger partial charge on any atom is -0.454 e. The normalized spacial score (nSPS) is 19.7. The van der Waals surface area contributed by atoms with Crippen molar-refractivity contribution in [2.75, 3.05) is 38.0 Å². The van der Waals surface area contributed by atoms with Crippen molar-refractivity contribution in [3.05, 3.63) is 59.3 Å². The van der Waals surface area contributed by atoms with Gasteiger partial charge < -0.3 is 19.3 Å². The van der Waals surface area contributed by atoms with E-state index in [-0.39, 0.29) is 17.6 Å². The highest BCUT2D eigenvalue weighted by atomic mass is 32.1. The number of halogens is 3. The minimum atomic E-state index is -4.77. The number of nitrogens with one attached hydrogen (secondary N) is 1. The van der Waals surface area contributed by atoms with Crippen LogP contribution in [0.5, 0.6) is 11.5 Å². The molecule has 192 valence electrons. The molecule has 2 aromatic carbocycles. The second-order valence-corrected chi connectivity index (χ2v) is 10.1. The third-order valence-corrected chi connectivity index (χ3v) is 7.79. The van der Waals surface area contributed by atoms with Gasteiger partial charge in [-0.15, -0.1) is 0 Å². The SMILES string of the molecule is C/C(=C1\C(=O)N(c2nc3ccccc3s2)N=C1C(F)(F)F)N1CC[NH+](Cc2ccc3c(c2)OCO3)CC1. The van der Waals surface area contributed by atoms with Gasteiger partial charge in [0.25, 0.3) is 5.91 Å². The van der Waals surface area contributed by atoms with E-state index in [1.165, 1.54) is 4.90 Å². The predicted octanol–water partition coefficient (Wildman–Crippen LogP) is 2.96. The summed E-state index contributed by atoms with van der Waals surface area (Å²) in [6.45, 7) is 5.03. The number of hydrogen-bond donors (Lipinski definition) is 1. The second kappa shape index (κ2) is 9.03. The van der Waals surface area contributed by atoms with Crippen LogP contribution in [0.1, 0.15) is 12.5 Å². The molecule has 8 nitrogen and oxygen atoms in total. The first kappa shape index (κ1) is 23.7. The van der Waals surface area contributed by atoms with Gasteiger partial charge in [0.05, 0.1) is 42.0 Å². The van der Waals surface area contributed by atoms with Gasteiger partial charge in [0.1, 0.15) is 6.54 Å². The number of amides is 1. The van der Waals surface area contributed by atoms with Crippen LogP contribution in [0.2, 0.25) is 0 Å².